The van der Waals surface area contributed by atoms with Gasteiger partial charge in [-0.3, -0.25) is 0 Å². The van der Waals surface area contributed by atoms with Crippen molar-refractivity contribution in [3.05, 3.63) is 54.2 Å². The van der Waals surface area contributed by atoms with E-state index in [0.29, 0.717) is 24.7 Å². The van der Waals surface area contributed by atoms with Crippen LogP contribution in [0.5, 0.6) is 11.6 Å². The van der Waals surface area contributed by atoms with Crippen molar-refractivity contribution >= 4 is 22.8 Å². The summed E-state index contributed by atoms with van der Waals surface area (Å²) < 4.78 is 10.8. The van der Waals surface area contributed by atoms with Crippen LogP contribution in [0.2, 0.25) is 0 Å². The molecule has 2 amide bonds. The van der Waals surface area contributed by atoms with E-state index in [4.69, 9.17) is 9.47 Å². The second-order valence-corrected chi connectivity index (χ2v) is 6.97. The van der Waals surface area contributed by atoms with Crippen molar-refractivity contribution in [1.82, 2.24) is 20.2 Å². The van der Waals surface area contributed by atoms with Crippen molar-refractivity contribution in [2.75, 3.05) is 45.3 Å². The zero-order valence-corrected chi connectivity index (χ0v) is 17.2. The Hall–Kier alpha value is -3.55. The molecule has 4 rings (SSSR count). The number of nitrogens with zero attached hydrogens (tertiary/aromatic N) is 4. The van der Waals surface area contributed by atoms with Gasteiger partial charge in [-0.1, -0.05) is 24.3 Å². The van der Waals surface area contributed by atoms with Crippen LogP contribution in [0.1, 0.15) is 5.69 Å². The smallest absolute Gasteiger partial charge is 0.317 e. The van der Waals surface area contributed by atoms with E-state index in [1.54, 1.807) is 14.2 Å². The zero-order chi connectivity index (χ0) is 20.9. The third kappa shape index (κ3) is 4.07. The van der Waals surface area contributed by atoms with Crippen molar-refractivity contribution in [3.63, 3.8) is 0 Å². The number of nitrogens with one attached hydrogen (secondary N) is 1. The minimum absolute atomic E-state index is 0.119. The minimum atomic E-state index is -0.119. The molecule has 30 heavy (non-hydrogen) atoms. The summed E-state index contributed by atoms with van der Waals surface area (Å²) in [7, 11) is 3.23. The van der Waals surface area contributed by atoms with Crippen LogP contribution in [0, 0.1) is 0 Å². The number of para-hydroxylation sites is 4. The molecule has 8 nitrogen and oxygen atoms in total. The van der Waals surface area contributed by atoms with Crippen molar-refractivity contribution in [3.8, 4) is 11.6 Å². The van der Waals surface area contributed by atoms with Crippen molar-refractivity contribution < 1.29 is 14.3 Å². The van der Waals surface area contributed by atoms with Gasteiger partial charge in [0.2, 0.25) is 5.88 Å². The molecule has 0 saturated carbocycles. The molecule has 156 valence electrons. The molecule has 3 aromatic rings. The Morgan fingerprint density at radius 3 is 2.30 bits per heavy atom. The SMILES string of the molecule is COc1ccccc1N1CCN(C(=O)NCc2nc3ccccc3nc2OC)CC1. The van der Waals surface area contributed by atoms with E-state index in [2.05, 4.69) is 20.2 Å². The van der Waals surface area contributed by atoms with Gasteiger partial charge in [0.1, 0.15) is 11.4 Å². The number of amides is 2. The maximum atomic E-state index is 12.7. The maximum Gasteiger partial charge on any atom is 0.317 e. The molecule has 1 aliphatic heterocycles. The van der Waals surface area contributed by atoms with E-state index >= 15 is 0 Å². The largest absolute Gasteiger partial charge is 0.495 e. The molecule has 1 N–H and O–H groups in total. The molecule has 0 spiro atoms. The quantitative estimate of drug-likeness (QED) is 0.701. The number of aromatic nitrogens is 2. The molecule has 2 aromatic carbocycles. The lowest BCUT2D eigenvalue weighted by molar-refractivity contribution is 0.193. The van der Waals surface area contributed by atoms with Gasteiger partial charge in [-0.05, 0) is 24.3 Å². The standard InChI is InChI=1S/C22H25N5O3/c1-29-20-10-6-5-9-19(20)26-11-13-27(14-12-26)22(28)23-15-18-21(30-2)25-17-8-4-3-7-16(17)24-18/h3-10H,11-15H2,1-2H3,(H,23,28). The lowest BCUT2D eigenvalue weighted by atomic mass is 10.2. The van der Waals surface area contributed by atoms with Gasteiger partial charge in [0.15, 0.2) is 0 Å². The van der Waals surface area contributed by atoms with E-state index in [9.17, 15) is 4.79 Å². The molecule has 1 saturated heterocycles. The summed E-state index contributed by atoms with van der Waals surface area (Å²) in [5, 5.41) is 2.95. The summed E-state index contributed by atoms with van der Waals surface area (Å²) in [6, 6.07) is 15.4. The van der Waals surface area contributed by atoms with Gasteiger partial charge in [0.05, 0.1) is 37.5 Å². The van der Waals surface area contributed by atoms with Gasteiger partial charge in [0, 0.05) is 26.2 Å². The first-order valence-electron chi connectivity index (χ1n) is 9.90. The van der Waals surface area contributed by atoms with Crippen LogP contribution >= 0.6 is 0 Å². The minimum Gasteiger partial charge on any atom is -0.495 e. The molecule has 1 fully saturated rings. The predicted octanol–water partition coefficient (Wildman–Crippen LogP) is 2.68. The predicted molar refractivity (Wildman–Crippen MR) is 115 cm³/mol. The van der Waals surface area contributed by atoms with Crippen LogP contribution in [0.15, 0.2) is 48.5 Å². The van der Waals surface area contributed by atoms with Crippen LogP contribution in [0.25, 0.3) is 11.0 Å². The van der Waals surface area contributed by atoms with Gasteiger partial charge in [-0.2, -0.15) is 0 Å². The molecule has 2 heterocycles. The highest BCUT2D eigenvalue weighted by Gasteiger charge is 2.23. The highest BCUT2D eigenvalue weighted by atomic mass is 16.5. The van der Waals surface area contributed by atoms with E-state index in [1.165, 1.54) is 0 Å². The molecule has 0 unspecified atom stereocenters. The molecule has 0 bridgehead atoms. The Morgan fingerprint density at radius 2 is 1.60 bits per heavy atom. The van der Waals surface area contributed by atoms with Crippen LogP contribution in [0.4, 0.5) is 10.5 Å². The zero-order valence-electron chi connectivity index (χ0n) is 17.2. The summed E-state index contributed by atoms with van der Waals surface area (Å²) in [5.74, 6) is 1.27. The fourth-order valence-electron chi connectivity index (χ4n) is 3.61. The van der Waals surface area contributed by atoms with Crippen LogP contribution in [-0.2, 0) is 6.54 Å². The average molecular weight is 407 g/mol. The van der Waals surface area contributed by atoms with Crippen molar-refractivity contribution in [2.24, 2.45) is 0 Å². The Morgan fingerprint density at radius 1 is 0.933 bits per heavy atom. The van der Waals surface area contributed by atoms with E-state index in [1.807, 2.05) is 53.4 Å². The number of urea groups is 1. The van der Waals surface area contributed by atoms with Crippen molar-refractivity contribution in [2.45, 2.75) is 6.54 Å². The third-order valence-corrected chi connectivity index (χ3v) is 5.20. The van der Waals surface area contributed by atoms with Gasteiger partial charge in [0.25, 0.3) is 0 Å². The topological polar surface area (TPSA) is 79.8 Å². The number of anilines is 1. The van der Waals surface area contributed by atoms with Crippen LogP contribution < -0.4 is 19.7 Å². The van der Waals surface area contributed by atoms with E-state index in [-0.39, 0.29) is 12.6 Å². The normalized spacial score (nSPS) is 13.9. The number of rotatable bonds is 5. The number of piperazine rings is 1. The molecule has 1 aliphatic rings. The van der Waals surface area contributed by atoms with Crippen LogP contribution in [-0.4, -0.2) is 61.3 Å². The van der Waals surface area contributed by atoms with E-state index < -0.39 is 0 Å². The second kappa shape index (κ2) is 8.86. The lowest BCUT2D eigenvalue weighted by Crippen LogP contribution is -2.51. The Kier molecular flexibility index (Phi) is 5.83. The number of methoxy groups -OCH3 is 2. The fraction of sp³-hybridized carbons (Fsp3) is 0.318. The third-order valence-electron chi connectivity index (χ3n) is 5.20. The molecular weight excluding hydrogens is 382 g/mol. The summed E-state index contributed by atoms with van der Waals surface area (Å²) in [6.45, 7) is 3.00. The fourth-order valence-corrected chi connectivity index (χ4v) is 3.61. The van der Waals surface area contributed by atoms with Gasteiger partial charge in [-0.15, -0.1) is 0 Å². The highest BCUT2D eigenvalue weighted by molar-refractivity contribution is 5.76. The van der Waals surface area contributed by atoms with Gasteiger partial charge in [-0.25, -0.2) is 14.8 Å². The lowest BCUT2D eigenvalue weighted by Gasteiger charge is -2.36. The van der Waals surface area contributed by atoms with E-state index in [0.717, 1.165) is 35.6 Å². The first-order valence-corrected chi connectivity index (χ1v) is 9.90. The Bertz CT molecular complexity index is 1030. The summed E-state index contributed by atoms with van der Waals surface area (Å²) >= 11 is 0. The molecule has 0 aliphatic carbocycles. The first kappa shape index (κ1) is 19.8. The Labute approximate surface area is 175 Å². The molecule has 0 atom stereocenters. The highest BCUT2D eigenvalue weighted by Crippen LogP contribution is 2.28. The number of carbonyl (C=O) groups excluding carboxylic acids is 1. The molecule has 1 aromatic heterocycles. The van der Waals surface area contributed by atoms with Crippen LogP contribution in [0.3, 0.4) is 0 Å². The van der Waals surface area contributed by atoms with Gasteiger partial charge < -0.3 is 24.6 Å². The summed E-state index contributed by atoms with van der Waals surface area (Å²) in [4.78, 5) is 25.8. The number of hydrogen-bond donors (Lipinski definition) is 1. The summed E-state index contributed by atoms with van der Waals surface area (Å²) in [5.41, 5.74) is 3.19. The Balaban J connectivity index is 1.37. The maximum absolute atomic E-state index is 12.7. The number of carbonyl (C=O) groups is 1. The number of fused-ring (bicyclic) bond motifs is 1. The number of benzene rings is 2. The first-order chi connectivity index (χ1) is 14.7. The van der Waals surface area contributed by atoms with Crippen molar-refractivity contribution in [1.29, 1.82) is 0 Å². The monoisotopic (exact) mass is 407 g/mol. The van der Waals surface area contributed by atoms with Gasteiger partial charge >= 0.3 is 6.03 Å². The molecule has 0 radical (unpaired) electrons. The molecular formula is C22H25N5O3. The average Bonchev–Trinajstić information content (AvgIpc) is 2.81. The second-order valence-electron chi connectivity index (χ2n) is 6.97. The summed E-state index contributed by atoms with van der Waals surface area (Å²) in [6.07, 6.45) is 0. The number of hydrogen-bond acceptors (Lipinski definition) is 6. The number of ether oxygens (including phenoxy) is 2. The molecule has 8 heteroatoms.